The Balaban J connectivity index is 2.37. The minimum absolute atomic E-state index is 0.126. The zero-order chi connectivity index (χ0) is 11.7. The second-order valence-electron chi connectivity index (χ2n) is 3.74. The maximum atomic E-state index is 11.8. The molecule has 0 bridgehead atoms. The Morgan fingerprint density at radius 2 is 2.06 bits per heavy atom. The van der Waals surface area contributed by atoms with E-state index in [0.717, 1.165) is 4.90 Å². The number of benzene rings is 1. The number of rotatable bonds is 1. The highest BCUT2D eigenvalue weighted by molar-refractivity contribution is 6.35. The zero-order valence-electron chi connectivity index (χ0n) is 8.74. The van der Waals surface area contributed by atoms with Gasteiger partial charge in [0, 0.05) is 12.5 Å². The number of amides is 3. The molecule has 1 aromatic rings. The van der Waals surface area contributed by atoms with Crippen LogP contribution in [0, 0.1) is 0 Å². The van der Waals surface area contributed by atoms with Crippen molar-refractivity contribution in [1.29, 1.82) is 0 Å². The van der Waals surface area contributed by atoms with Crippen LogP contribution >= 0.6 is 11.6 Å². The molecule has 0 aliphatic carbocycles. The van der Waals surface area contributed by atoms with Gasteiger partial charge < -0.3 is 5.32 Å². The van der Waals surface area contributed by atoms with Crippen molar-refractivity contribution in [3.05, 3.63) is 29.3 Å². The van der Waals surface area contributed by atoms with Gasteiger partial charge in [0.2, 0.25) is 5.91 Å². The van der Waals surface area contributed by atoms with Gasteiger partial charge in [-0.1, -0.05) is 23.7 Å². The van der Waals surface area contributed by atoms with Crippen LogP contribution < -0.4 is 10.2 Å². The predicted octanol–water partition coefficient (Wildman–Crippen LogP) is 2.17. The Morgan fingerprint density at radius 3 is 2.69 bits per heavy atom. The van der Waals surface area contributed by atoms with Crippen molar-refractivity contribution in [2.45, 2.75) is 19.4 Å². The third kappa shape index (κ3) is 1.88. The van der Waals surface area contributed by atoms with Crippen LogP contribution in [0.2, 0.25) is 5.02 Å². The fourth-order valence-electron chi connectivity index (χ4n) is 1.67. The summed E-state index contributed by atoms with van der Waals surface area (Å²) in [6.45, 7) is 1.79. The topological polar surface area (TPSA) is 49.4 Å². The average molecular weight is 239 g/mol. The number of hydrogen-bond donors (Lipinski definition) is 1. The van der Waals surface area contributed by atoms with Crippen molar-refractivity contribution in [3.63, 3.8) is 0 Å². The Bertz CT molecular complexity index is 429. The fraction of sp³-hybridized carbons (Fsp3) is 0.273. The molecule has 84 valence electrons. The quantitative estimate of drug-likeness (QED) is 0.815. The van der Waals surface area contributed by atoms with Crippen molar-refractivity contribution in [2.75, 3.05) is 4.90 Å². The summed E-state index contributed by atoms with van der Waals surface area (Å²) in [6, 6.07) is 6.24. The third-order valence-corrected chi connectivity index (χ3v) is 2.72. The molecule has 0 radical (unpaired) electrons. The number of urea groups is 1. The summed E-state index contributed by atoms with van der Waals surface area (Å²) >= 11 is 5.95. The lowest BCUT2D eigenvalue weighted by Crippen LogP contribution is -2.54. The molecular weight excluding hydrogens is 228 g/mol. The van der Waals surface area contributed by atoms with Crippen LogP contribution in [0.4, 0.5) is 10.5 Å². The lowest BCUT2D eigenvalue weighted by Gasteiger charge is -2.29. The molecule has 2 rings (SSSR count). The molecular formula is C11H11ClN2O2. The van der Waals surface area contributed by atoms with E-state index < -0.39 is 6.03 Å². The molecule has 1 aliphatic rings. The molecule has 0 aromatic heterocycles. The van der Waals surface area contributed by atoms with Gasteiger partial charge in [-0.15, -0.1) is 0 Å². The molecule has 1 unspecified atom stereocenters. The van der Waals surface area contributed by atoms with Crippen LogP contribution in [-0.4, -0.2) is 18.0 Å². The Morgan fingerprint density at radius 1 is 1.38 bits per heavy atom. The lowest BCUT2D eigenvalue weighted by molar-refractivity contribution is -0.118. The van der Waals surface area contributed by atoms with E-state index in [2.05, 4.69) is 5.32 Å². The summed E-state index contributed by atoms with van der Waals surface area (Å²) < 4.78 is 0. The van der Waals surface area contributed by atoms with Gasteiger partial charge in [0.25, 0.3) is 0 Å². The van der Waals surface area contributed by atoms with Crippen LogP contribution in [0.5, 0.6) is 0 Å². The smallest absolute Gasteiger partial charge is 0.329 e. The van der Waals surface area contributed by atoms with E-state index in [1.807, 2.05) is 0 Å². The molecule has 0 spiro atoms. The van der Waals surface area contributed by atoms with E-state index in [1.165, 1.54) is 0 Å². The number of halogens is 1. The van der Waals surface area contributed by atoms with Crippen LogP contribution in [0.15, 0.2) is 24.3 Å². The molecule has 1 aliphatic heterocycles. The molecule has 1 atom stereocenters. The first-order chi connectivity index (χ1) is 7.59. The number of hydrogen-bond acceptors (Lipinski definition) is 2. The maximum Gasteiger partial charge on any atom is 0.329 e. The summed E-state index contributed by atoms with van der Waals surface area (Å²) in [5.74, 6) is -0.232. The molecule has 1 fully saturated rings. The van der Waals surface area contributed by atoms with Gasteiger partial charge in [0.15, 0.2) is 0 Å². The van der Waals surface area contributed by atoms with Crippen molar-refractivity contribution in [3.8, 4) is 0 Å². The first-order valence-corrected chi connectivity index (χ1v) is 5.35. The summed E-state index contributed by atoms with van der Waals surface area (Å²) in [5.41, 5.74) is 0.429. The summed E-state index contributed by atoms with van der Waals surface area (Å²) in [6.07, 6.45) is 0.289. The zero-order valence-corrected chi connectivity index (χ0v) is 9.49. The van der Waals surface area contributed by atoms with E-state index in [9.17, 15) is 9.59 Å². The molecule has 1 N–H and O–H groups in total. The number of nitrogens with zero attached hydrogens (tertiary/aromatic N) is 1. The SMILES string of the molecule is CC1CC(=O)N(c2ccccc2Cl)C(=O)N1. The van der Waals surface area contributed by atoms with Crippen molar-refractivity contribution >= 4 is 29.2 Å². The Kier molecular flexibility index (Phi) is 2.83. The normalized spacial score (nSPS) is 20.9. The molecule has 3 amide bonds. The highest BCUT2D eigenvalue weighted by Crippen LogP contribution is 2.27. The van der Waals surface area contributed by atoms with Gasteiger partial charge >= 0.3 is 6.03 Å². The molecule has 4 nitrogen and oxygen atoms in total. The Hall–Kier alpha value is -1.55. The number of carbonyl (C=O) groups excluding carboxylic acids is 2. The molecule has 0 saturated carbocycles. The van der Waals surface area contributed by atoms with E-state index >= 15 is 0 Å². The van der Waals surface area contributed by atoms with E-state index in [4.69, 9.17) is 11.6 Å². The van der Waals surface area contributed by atoms with Gasteiger partial charge in [-0.3, -0.25) is 4.79 Å². The monoisotopic (exact) mass is 238 g/mol. The summed E-state index contributed by atoms with van der Waals surface area (Å²) in [7, 11) is 0. The molecule has 1 heterocycles. The fourth-order valence-corrected chi connectivity index (χ4v) is 1.89. The Labute approximate surface area is 98.2 Å². The predicted molar refractivity (Wildman–Crippen MR) is 61.5 cm³/mol. The highest BCUT2D eigenvalue weighted by atomic mass is 35.5. The minimum Gasteiger partial charge on any atom is -0.334 e. The number of carbonyl (C=O) groups is 2. The number of nitrogens with one attached hydrogen (secondary N) is 1. The summed E-state index contributed by atoms with van der Waals surface area (Å²) in [5, 5.41) is 3.08. The second kappa shape index (κ2) is 4.14. The van der Waals surface area contributed by atoms with E-state index in [-0.39, 0.29) is 18.4 Å². The second-order valence-corrected chi connectivity index (χ2v) is 4.14. The van der Waals surface area contributed by atoms with Crippen LogP contribution in [-0.2, 0) is 4.79 Å². The van der Waals surface area contributed by atoms with Gasteiger partial charge in [0.05, 0.1) is 10.7 Å². The van der Waals surface area contributed by atoms with Crippen molar-refractivity contribution in [2.24, 2.45) is 0 Å². The largest absolute Gasteiger partial charge is 0.334 e. The molecule has 1 aromatic carbocycles. The highest BCUT2D eigenvalue weighted by Gasteiger charge is 2.31. The van der Waals surface area contributed by atoms with Crippen molar-refractivity contribution in [1.82, 2.24) is 5.32 Å². The minimum atomic E-state index is -0.420. The number of para-hydroxylation sites is 1. The standard InChI is InChI=1S/C11H11ClN2O2/c1-7-6-10(15)14(11(16)13-7)9-5-3-2-4-8(9)12/h2-5,7H,6H2,1H3,(H,13,16). The number of imide groups is 1. The molecule has 1 saturated heterocycles. The maximum absolute atomic E-state index is 11.8. The van der Waals surface area contributed by atoms with Gasteiger partial charge in [-0.05, 0) is 19.1 Å². The van der Waals surface area contributed by atoms with Crippen molar-refractivity contribution < 1.29 is 9.59 Å². The van der Waals surface area contributed by atoms with Gasteiger partial charge in [0.1, 0.15) is 0 Å². The number of anilines is 1. The van der Waals surface area contributed by atoms with Crippen LogP contribution in [0.25, 0.3) is 0 Å². The van der Waals surface area contributed by atoms with E-state index in [1.54, 1.807) is 31.2 Å². The lowest BCUT2D eigenvalue weighted by atomic mass is 10.1. The first kappa shape index (κ1) is 11.0. The van der Waals surface area contributed by atoms with Crippen LogP contribution in [0.3, 0.4) is 0 Å². The molecule has 16 heavy (non-hydrogen) atoms. The molecule has 5 heteroatoms. The summed E-state index contributed by atoms with van der Waals surface area (Å²) in [4.78, 5) is 24.6. The van der Waals surface area contributed by atoms with Gasteiger partial charge in [-0.25, -0.2) is 9.69 Å². The van der Waals surface area contributed by atoms with Crippen LogP contribution in [0.1, 0.15) is 13.3 Å². The third-order valence-electron chi connectivity index (χ3n) is 2.40. The van der Waals surface area contributed by atoms with Gasteiger partial charge in [-0.2, -0.15) is 0 Å². The first-order valence-electron chi connectivity index (χ1n) is 4.97. The van der Waals surface area contributed by atoms with E-state index in [0.29, 0.717) is 10.7 Å². The average Bonchev–Trinajstić information content (AvgIpc) is 2.19.